The molecular formula is C28H19NO2. The van der Waals surface area contributed by atoms with Gasteiger partial charge in [-0.25, -0.2) is 4.79 Å². The first-order chi connectivity index (χ1) is 15.3. The first-order valence-electron chi connectivity index (χ1n) is 10.4. The third kappa shape index (κ3) is 2.78. The standard InChI is InChI=1S/C28H19NO2/c30-28-24-16-8-7-15-23(24)27(31-28)29-25-17-9-4-12-20(25)18-26(29)22-14-6-5-13-21(22)19-10-2-1-3-11-19/h1-18,27H. The Labute approximate surface area is 180 Å². The number of para-hydroxylation sites is 1. The van der Waals surface area contributed by atoms with Crippen LogP contribution in [0.5, 0.6) is 0 Å². The Morgan fingerprint density at radius 2 is 1.29 bits per heavy atom. The SMILES string of the molecule is O=C1OC(n2c(-c3ccccc3-c3ccccc3)cc3ccccc32)c2ccccc21. The normalized spacial score (nSPS) is 15.1. The quantitative estimate of drug-likeness (QED) is 0.315. The number of carbonyl (C=O) groups is 1. The van der Waals surface area contributed by atoms with Crippen molar-refractivity contribution in [2.45, 2.75) is 6.23 Å². The van der Waals surface area contributed by atoms with Crippen LogP contribution in [0.1, 0.15) is 22.1 Å². The lowest BCUT2D eigenvalue weighted by atomic mass is 9.97. The van der Waals surface area contributed by atoms with Crippen LogP contribution in [0.2, 0.25) is 0 Å². The summed E-state index contributed by atoms with van der Waals surface area (Å²) in [6.45, 7) is 0. The lowest BCUT2D eigenvalue weighted by Gasteiger charge is -2.20. The van der Waals surface area contributed by atoms with Gasteiger partial charge in [0.2, 0.25) is 6.23 Å². The van der Waals surface area contributed by atoms with Crippen molar-refractivity contribution in [3.8, 4) is 22.4 Å². The molecule has 0 bridgehead atoms. The predicted octanol–water partition coefficient (Wildman–Crippen LogP) is 6.69. The van der Waals surface area contributed by atoms with Gasteiger partial charge in [-0.2, -0.15) is 0 Å². The number of esters is 1. The average molecular weight is 401 g/mol. The Hall–Kier alpha value is -4.11. The highest BCUT2D eigenvalue weighted by atomic mass is 16.6. The van der Waals surface area contributed by atoms with Gasteiger partial charge < -0.3 is 9.30 Å². The van der Waals surface area contributed by atoms with Gasteiger partial charge >= 0.3 is 5.97 Å². The summed E-state index contributed by atoms with van der Waals surface area (Å²) in [7, 11) is 0. The maximum Gasteiger partial charge on any atom is 0.340 e. The molecule has 4 aromatic carbocycles. The number of carbonyl (C=O) groups excluding carboxylic acids is 1. The highest BCUT2D eigenvalue weighted by Gasteiger charge is 2.34. The summed E-state index contributed by atoms with van der Waals surface area (Å²) in [5.41, 5.74) is 6.98. The zero-order chi connectivity index (χ0) is 20.8. The van der Waals surface area contributed by atoms with E-state index in [1.165, 1.54) is 0 Å². The van der Waals surface area contributed by atoms with Crippen LogP contribution in [0.25, 0.3) is 33.3 Å². The van der Waals surface area contributed by atoms with E-state index in [0.717, 1.165) is 38.9 Å². The van der Waals surface area contributed by atoms with Crippen LogP contribution in [-0.2, 0) is 4.74 Å². The van der Waals surface area contributed by atoms with Gasteiger partial charge in [0.1, 0.15) is 0 Å². The van der Waals surface area contributed by atoms with Crippen molar-refractivity contribution in [2.24, 2.45) is 0 Å². The minimum Gasteiger partial charge on any atom is -0.433 e. The molecule has 0 N–H and O–H groups in total. The number of aromatic nitrogens is 1. The molecule has 2 heterocycles. The number of benzene rings is 4. The van der Waals surface area contributed by atoms with Gasteiger partial charge in [-0.3, -0.25) is 0 Å². The molecule has 0 saturated heterocycles. The first-order valence-corrected chi connectivity index (χ1v) is 10.4. The zero-order valence-electron chi connectivity index (χ0n) is 16.7. The zero-order valence-corrected chi connectivity index (χ0v) is 16.7. The largest absolute Gasteiger partial charge is 0.433 e. The van der Waals surface area contributed by atoms with Gasteiger partial charge in [0, 0.05) is 16.5 Å². The minimum absolute atomic E-state index is 0.277. The molecule has 31 heavy (non-hydrogen) atoms. The maximum absolute atomic E-state index is 12.6. The fraction of sp³-hybridized carbons (Fsp3) is 0.0357. The van der Waals surface area contributed by atoms with Crippen molar-refractivity contribution in [1.29, 1.82) is 0 Å². The van der Waals surface area contributed by atoms with E-state index in [-0.39, 0.29) is 5.97 Å². The molecule has 1 aliphatic heterocycles. The van der Waals surface area contributed by atoms with Gasteiger partial charge in [0.25, 0.3) is 0 Å². The molecule has 3 heteroatoms. The molecular weight excluding hydrogens is 382 g/mol. The third-order valence-electron chi connectivity index (χ3n) is 5.94. The second-order valence-corrected chi connectivity index (χ2v) is 7.71. The van der Waals surface area contributed by atoms with E-state index >= 15 is 0 Å². The summed E-state index contributed by atoms with van der Waals surface area (Å²) in [5.74, 6) is -0.277. The molecule has 3 nitrogen and oxygen atoms in total. The highest BCUT2D eigenvalue weighted by molar-refractivity contribution is 5.96. The fourth-order valence-electron chi connectivity index (χ4n) is 4.53. The Balaban J connectivity index is 1.64. The topological polar surface area (TPSA) is 31.2 Å². The van der Waals surface area contributed by atoms with Crippen LogP contribution in [-0.4, -0.2) is 10.5 Å². The number of rotatable bonds is 3. The maximum atomic E-state index is 12.6. The van der Waals surface area contributed by atoms with Gasteiger partial charge in [-0.15, -0.1) is 0 Å². The molecule has 0 aliphatic carbocycles. The smallest absolute Gasteiger partial charge is 0.340 e. The molecule has 0 spiro atoms. The van der Waals surface area contributed by atoms with E-state index in [9.17, 15) is 4.79 Å². The number of cyclic esters (lactones) is 1. The van der Waals surface area contributed by atoms with E-state index in [2.05, 4.69) is 71.3 Å². The molecule has 1 aromatic heterocycles. The number of ether oxygens (including phenoxy) is 1. The summed E-state index contributed by atoms with van der Waals surface area (Å²) in [6.07, 6.45) is -0.498. The van der Waals surface area contributed by atoms with Gasteiger partial charge in [0.05, 0.1) is 16.8 Å². The van der Waals surface area contributed by atoms with Crippen molar-refractivity contribution in [3.63, 3.8) is 0 Å². The molecule has 1 aliphatic rings. The molecule has 6 rings (SSSR count). The van der Waals surface area contributed by atoms with Gasteiger partial charge in [-0.1, -0.05) is 91.0 Å². The van der Waals surface area contributed by atoms with E-state index in [1.54, 1.807) is 0 Å². The molecule has 1 atom stereocenters. The van der Waals surface area contributed by atoms with Crippen LogP contribution in [0.3, 0.4) is 0 Å². The Bertz CT molecular complexity index is 1430. The molecule has 148 valence electrons. The predicted molar refractivity (Wildman–Crippen MR) is 123 cm³/mol. The third-order valence-corrected chi connectivity index (χ3v) is 5.94. The average Bonchev–Trinajstić information content (AvgIpc) is 3.37. The lowest BCUT2D eigenvalue weighted by Crippen LogP contribution is -2.11. The Morgan fingerprint density at radius 1 is 0.645 bits per heavy atom. The van der Waals surface area contributed by atoms with Gasteiger partial charge in [0.15, 0.2) is 0 Å². The fourth-order valence-corrected chi connectivity index (χ4v) is 4.53. The Kier molecular flexibility index (Phi) is 4.00. The van der Waals surface area contributed by atoms with E-state index < -0.39 is 6.23 Å². The molecule has 0 fully saturated rings. The van der Waals surface area contributed by atoms with Crippen LogP contribution in [0.4, 0.5) is 0 Å². The number of nitrogens with zero attached hydrogens (tertiary/aromatic N) is 1. The van der Waals surface area contributed by atoms with Crippen molar-refractivity contribution in [1.82, 2.24) is 4.57 Å². The van der Waals surface area contributed by atoms with E-state index in [4.69, 9.17) is 4.74 Å². The number of hydrogen-bond acceptors (Lipinski definition) is 2. The summed E-state index contributed by atoms with van der Waals surface area (Å²) in [6, 6.07) is 36.8. The van der Waals surface area contributed by atoms with Crippen molar-refractivity contribution in [3.05, 3.63) is 120 Å². The molecule has 1 unspecified atom stereocenters. The monoisotopic (exact) mass is 401 g/mol. The molecule has 0 amide bonds. The summed E-state index contributed by atoms with van der Waals surface area (Å²) in [4.78, 5) is 12.6. The summed E-state index contributed by atoms with van der Waals surface area (Å²) in [5, 5.41) is 1.11. The van der Waals surface area contributed by atoms with E-state index in [1.807, 2.05) is 42.5 Å². The molecule has 5 aromatic rings. The van der Waals surface area contributed by atoms with E-state index in [0.29, 0.717) is 5.56 Å². The molecule has 0 saturated carbocycles. The Morgan fingerprint density at radius 3 is 2.13 bits per heavy atom. The number of fused-ring (bicyclic) bond motifs is 2. The summed E-state index contributed by atoms with van der Waals surface area (Å²) >= 11 is 0. The highest BCUT2D eigenvalue weighted by Crippen LogP contribution is 2.41. The van der Waals surface area contributed by atoms with Crippen LogP contribution < -0.4 is 0 Å². The van der Waals surface area contributed by atoms with Crippen molar-refractivity contribution >= 4 is 16.9 Å². The summed E-state index contributed by atoms with van der Waals surface area (Å²) < 4.78 is 8.07. The first kappa shape index (κ1) is 17.7. The van der Waals surface area contributed by atoms with Crippen molar-refractivity contribution < 1.29 is 9.53 Å². The second kappa shape index (κ2) is 6.99. The van der Waals surface area contributed by atoms with Crippen LogP contribution >= 0.6 is 0 Å². The lowest BCUT2D eigenvalue weighted by molar-refractivity contribution is 0.0335. The van der Waals surface area contributed by atoms with Crippen LogP contribution in [0, 0.1) is 0 Å². The van der Waals surface area contributed by atoms with Crippen LogP contribution in [0.15, 0.2) is 109 Å². The minimum atomic E-state index is -0.498. The van der Waals surface area contributed by atoms with Gasteiger partial charge in [-0.05, 0) is 29.3 Å². The number of hydrogen-bond donors (Lipinski definition) is 0. The van der Waals surface area contributed by atoms with Crippen molar-refractivity contribution in [2.75, 3.05) is 0 Å². The molecule has 0 radical (unpaired) electrons. The second-order valence-electron chi connectivity index (χ2n) is 7.71.